The molecule has 7 nitrogen and oxygen atoms in total. The predicted octanol–water partition coefficient (Wildman–Crippen LogP) is 1.35. The molecular formula is C16H20N4O3S. The Balaban J connectivity index is 1.94. The van der Waals surface area contributed by atoms with Crippen molar-refractivity contribution in [1.82, 2.24) is 14.7 Å². The number of sulfonamides is 1. The predicted molar refractivity (Wildman–Crippen MR) is 88.8 cm³/mol. The third-order valence-electron chi connectivity index (χ3n) is 4.36. The average Bonchev–Trinajstić information content (AvgIpc) is 3.14. The Hall–Kier alpha value is -2.19. The summed E-state index contributed by atoms with van der Waals surface area (Å²) in [5.74, 6) is -0.189. The van der Waals surface area contributed by atoms with Crippen LogP contribution in [0.2, 0.25) is 0 Å². The van der Waals surface area contributed by atoms with Gasteiger partial charge in [-0.25, -0.2) is 13.6 Å². The SMILES string of the molecule is Cc1ccc(C(=O)N2CCC[C@@H]2c2cnn(C)c2)cc1S(N)(=O)=O. The highest BCUT2D eigenvalue weighted by Gasteiger charge is 2.31. The zero-order valence-corrected chi connectivity index (χ0v) is 14.5. The van der Waals surface area contributed by atoms with Gasteiger partial charge < -0.3 is 4.90 Å². The zero-order valence-electron chi connectivity index (χ0n) is 13.6. The average molecular weight is 348 g/mol. The Morgan fingerprint density at radius 1 is 1.38 bits per heavy atom. The standard InChI is InChI=1S/C16H20N4O3S/c1-11-5-6-12(8-15(11)24(17,22)23)16(21)20-7-3-4-14(20)13-9-18-19(2)10-13/h5-6,8-10,14H,3-4,7H2,1-2H3,(H2,17,22,23)/t14-/m1/s1. The fraction of sp³-hybridized carbons (Fsp3) is 0.375. The van der Waals surface area contributed by atoms with Gasteiger partial charge in [-0.3, -0.25) is 9.48 Å². The second-order valence-corrected chi connectivity index (χ2v) is 7.66. The normalized spacial score (nSPS) is 18.1. The van der Waals surface area contributed by atoms with Crippen molar-refractivity contribution < 1.29 is 13.2 Å². The number of primary sulfonamides is 1. The van der Waals surface area contributed by atoms with E-state index in [1.54, 1.807) is 34.8 Å². The molecule has 0 spiro atoms. The van der Waals surface area contributed by atoms with E-state index < -0.39 is 10.0 Å². The minimum Gasteiger partial charge on any atom is -0.331 e. The van der Waals surface area contributed by atoms with Gasteiger partial charge in [0.2, 0.25) is 10.0 Å². The van der Waals surface area contributed by atoms with Crippen LogP contribution in [0.15, 0.2) is 35.5 Å². The minimum atomic E-state index is -3.86. The number of nitrogens with zero attached hydrogens (tertiary/aromatic N) is 3. The number of rotatable bonds is 3. The number of aromatic nitrogens is 2. The van der Waals surface area contributed by atoms with Crippen LogP contribution in [0.4, 0.5) is 0 Å². The molecule has 8 heteroatoms. The Kier molecular flexibility index (Phi) is 4.18. The van der Waals surface area contributed by atoms with E-state index in [2.05, 4.69) is 5.10 Å². The lowest BCUT2D eigenvalue weighted by molar-refractivity contribution is 0.0735. The molecule has 128 valence electrons. The van der Waals surface area contributed by atoms with Crippen LogP contribution in [0.1, 0.15) is 40.4 Å². The molecule has 1 aromatic heterocycles. The molecule has 1 aliphatic heterocycles. The van der Waals surface area contributed by atoms with Gasteiger partial charge in [-0.05, 0) is 37.5 Å². The Morgan fingerprint density at radius 3 is 2.75 bits per heavy atom. The highest BCUT2D eigenvalue weighted by Crippen LogP contribution is 2.33. The molecule has 3 rings (SSSR count). The number of nitrogens with two attached hydrogens (primary N) is 1. The molecule has 1 fully saturated rings. The smallest absolute Gasteiger partial charge is 0.254 e. The number of benzene rings is 1. The summed E-state index contributed by atoms with van der Waals surface area (Å²) in [5.41, 5.74) is 1.85. The highest BCUT2D eigenvalue weighted by molar-refractivity contribution is 7.89. The lowest BCUT2D eigenvalue weighted by Gasteiger charge is -2.24. The molecule has 1 aliphatic rings. The van der Waals surface area contributed by atoms with Crippen LogP contribution in [0.25, 0.3) is 0 Å². The first-order valence-corrected chi connectivity index (χ1v) is 9.25. The fourth-order valence-electron chi connectivity index (χ4n) is 3.17. The number of carbonyl (C=O) groups is 1. The molecular weight excluding hydrogens is 328 g/mol. The van der Waals surface area contributed by atoms with Gasteiger partial charge >= 0.3 is 0 Å². The summed E-state index contributed by atoms with van der Waals surface area (Å²) in [6, 6.07) is 4.59. The van der Waals surface area contributed by atoms with Crippen LogP contribution in [-0.2, 0) is 17.1 Å². The molecule has 0 aliphatic carbocycles. The van der Waals surface area contributed by atoms with Crippen molar-refractivity contribution in [2.75, 3.05) is 6.54 Å². The first-order chi connectivity index (χ1) is 11.3. The molecule has 0 saturated carbocycles. The molecule has 0 unspecified atom stereocenters. The molecule has 1 saturated heterocycles. The number of aryl methyl sites for hydroxylation is 2. The monoisotopic (exact) mass is 348 g/mol. The number of hydrogen-bond acceptors (Lipinski definition) is 4. The van der Waals surface area contributed by atoms with Gasteiger partial charge in [-0.2, -0.15) is 5.10 Å². The van der Waals surface area contributed by atoms with Crippen molar-refractivity contribution >= 4 is 15.9 Å². The molecule has 0 radical (unpaired) electrons. The van der Waals surface area contributed by atoms with E-state index >= 15 is 0 Å². The van der Waals surface area contributed by atoms with Gasteiger partial charge in [0.15, 0.2) is 0 Å². The van der Waals surface area contributed by atoms with Crippen molar-refractivity contribution in [1.29, 1.82) is 0 Å². The second-order valence-electron chi connectivity index (χ2n) is 6.13. The summed E-state index contributed by atoms with van der Waals surface area (Å²) in [5, 5.41) is 9.41. The third kappa shape index (κ3) is 3.07. The lowest BCUT2D eigenvalue weighted by Crippen LogP contribution is -2.30. The lowest BCUT2D eigenvalue weighted by atomic mass is 10.1. The van der Waals surface area contributed by atoms with Gasteiger partial charge in [-0.1, -0.05) is 6.07 Å². The molecule has 2 heterocycles. The topological polar surface area (TPSA) is 98.3 Å². The van der Waals surface area contributed by atoms with Crippen molar-refractivity contribution in [3.8, 4) is 0 Å². The maximum atomic E-state index is 12.9. The molecule has 24 heavy (non-hydrogen) atoms. The molecule has 2 aromatic rings. The Bertz CT molecular complexity index is 888. The van der Waals surface area contributed by atoms with Crippen LogP contribution < -0.4 is 5.14 Å². The van der Waals surface area contributed by atoms with Crippen LogP contribution in [0.5, 0.6) is 0 Å². The van der Waals surface area contributed by atoms with E-state index in [-0.39, 0.29) is 16.8 Å². The Labute approximate surface area is 141 Å². The van der Waals surface area contributed by atoms with Crippen molar-refractivity contribution in [2.24, 2.45) is 12.2 Å². The zero-order chi connectivity index (χ0) is 17.5. The van der Waals surface area contributed by atoms with Crippen LogP contribution >= 0.6 is 0 Å². The maximum absolute atomic E-state index is 12.9. The first kappa shape index (κ1) is 16.7. The number of hydrogen-bond donors (Lipinski definition) is 1. The van der Waals surface area contributed by atoms with Gasteiger partial charge in [0, 0.05) is 30.9 Å². The summed E-state index contributed by atoms with van der Waals surface area (Å²) in [4.78, 5) is 14.7. The summed E-state index contributed by atoms with van der Waals surface area (Å²) in [6.45, 7) is 2.29. The molecule has 0 bridgehead atoms. The van der Waals surface area contributed by atoms with E-state index in [9.17, 15) is 13.2 Å². The van der Waals surface area contributed by atoms with Crippen molar-refractivity contribution in [2.45, 2.75) is 30.7 Å². The summed E-state index contributed by atoms with van der Waals surface area (Å²) in [6.07, 6.45) is 5.44. The van der Waals surface area contributed by atoms with E-state index in [0.717, 1.165) is 18.4 Å². The first-order valence-electron chi connectivity index (χ1n) is 7.70. The third-order valence-corrected chi connectivity index (χ3v) is 5.42. The van der Waals surface area contributed by atoms with Gasteiger partial charge in [0.25, 0.3) is 5.91 Å². The minimum absolute atomic E-state index is 0.00882. The van der Waals surface area contributed by atoms with Crippen LogP contribution in [0.3, 0.4) is 0 Å². The van der Waals surface area contributed by atoms with Crippen molar-refractivity contribution in [3.63, 3.8) is 0 Å². The number of carbonyl (C=O) groups excluding carboxylic acids is 1. The summed E-state index contributed by atoms with van der Waals surface area (Å²) in [7, 11) is -2.02. The molecule has 2 N–H and O–H groups in total. The number of likely N-dealkylation sites (tertiary alicyclic amines) is 1. The van der Waals surface area contributed by atoms with Crippen molar-refractivity contribution in [3.05, 3.63) is 47.3 Å². The second kappa shape index (κ2) is 6.03. The number of amides is 1. The van der Waals surface area contributed by atoms with E-state index in [4.69, 9.17) is 5.14 Å². The molecule has 1 aromatic carbocycles. The summed E-state index contributed by atoms with van der Waals surface area (Å²) >= 11 is 0. The van der Waals surface area contributed by atoms with Gasteiger partial charge in [0.05, 0.1) is 17.1 Å². The van der Waals surface area contributed by atoms with Gasteiger partial charge in [-0.15, -0.1) is 0 Å². The maximum Gasteiger partial charge on any atom is 0.254 e. The van der Waals surface area contributed by atoms with E-state index in [1.807, 2.05) is 13.2 Å². The van der Waals surface area contributed by atoms with Crippen LogP contribution in [-0.4, -0.2) is 35.6 Å². The molecule has 1 atom stereocenters. The van der Waals surface area contributed by atoms with Crippen LogP contribution in [0, 0.1) is 6.92 Å². The Morgan fingerprint density at radius 2 is 2.12 bits per heavy atom. The fourth-order valence-corrected chi connectivity index (χ4v) is 3.98. The van der Waals surface area contributed by atoms with E-state index in [1.165, 1.54) is 6.07 Å². The van der Waals surface area contributed by atoms with E-state index in [0.29, 0.717) is 17.7 Å². The highest BCUT2D eigenvalue weighted by atomic mass is 32.2. The molecule has 1 amide bonds. The quantitative estimate of drug-likeness (QED) is 0.905. The largest absolute Gasteiger partial charge is 0.331 e. The summed E-state index contributed by atoms with van der Waals surface area (Å²) < 4.78 is 25.1. The van der Waals surface area contributed by atoms with Gasteiger partial charge in [0.1, 0.15) is 0 Å².